The second-order valence-corrected chi connectivity index (χ2v) is 9.13. The molecule has 0 aliphatic carbocycles. The lowest BCUT2D eigenvalue weighted by Crippen LogP contribution is -2.38. The molecular weight excluding hydrogens is 473 g/mol. The number of methoxy groups -OCH3 is 1. The number of halogens is 4. The van der Waals surface area contributed by atoms with Crippen molar-refractivity contribution in [2.45, 2.75) is 23.9 Å². The molecule has 1 aliphatic rings. The average molecular weight is 493 g/mol. The van der Waals surface area contributed by atoms with Gasteiger partial charge in [0.2, 0.25) is 15.9 Å². The number of anilines is 2. The van der Waals surface area contributed by atoms with E-state index >= 15 is 0 Å². The van der Waals surface area contributed by atoms with Gasteiger partial charge in [-0.1, -0.05) is 11.6 Å². The number of aromatic nitrogens is 1. The van der Waals surface area contributed by atoms with Crippen LogP contribution in [0.2, 0.25) is 5.02 Å². The molecule has 0 saturated carbocycles. The summed E-state index contributed by atoms with van der Waals surface area (Å²) in [6, 6.07) is 4.92. The van der Waals surface area contributed by atoms with Crippen LogP contribution in [0.5, 0.6) is 5.75 Å². The van der Waals surface area contributed by atoms with Gasteiger partial charge >= 0.3 is 6.18 Å². The van der Waals surface area contributed by atoms with Crippen molar-refractivity contribution in [3.05, 3.63) is 41.0 Å². The molecule has 3 rings (SSSR count). The lowest BCUT2D eigenvalue weighted by molar-refractivity contribution is -0.137. The molecule has 0 unspecified atom stereocenters. The van der Waals surface area contributed by atoms with Gasteiger partial charge in [0.1, 0.15) is 16.5 Å². The summed E-state index contributed by atoms with van der Waals surface area (Å²) in [5.41, 5.74) is -0.687. The van der Waals surface area contributed by atoms with Crippen LogP contribution in [0.25, 0.3) is 0 Å². The Morgan fingerprint density at radius 2 is 1.94 bits per heavy atom. The van der Waals surface area contributed by atoms with E-state index in [1.807, 2.05) is 0 Å². The van der Waals surface area contributed by atoms with Gasteiger partial charge in [0.05, 0.1) is 17.7 Å². The number of primary sulfonamides is 1. The summed E-state index contributed by atoms with van der Waals surface area (Å²) >= 11 is 6.00. The third-order valence-electron chi connectivity index (χ3n) is 5.05. The number of hydrogen-bond acceptors (Lipinski definition) is 6. The molecule has 0 radical (unpaired) electrons. The van der Waals surface area contributed by atoms with E-state index in [-0.39, 0.29) is 39.0 Å². The fourth-order valence-electron chi connectivity index (χ4n) is 3.39. The first-order chi connectivity index (χ1) is 14.9. The Morgan fingerprint density at radius 1 is 1.28 bits per heavy atom. The molecule has 1 amide bonds. The first kappa shape index (κ1) is 24.1. The predicted molar refractivity (Wildman–Crippen MR) is 112 cm³/mol. The molecule has 13 heteroatoms. The van der Waals surface area contributed by atoms with Gasteiger partial charge in [-0.05, 0) is 37.1 Å². The fourth-order valence-corrected chi connectivity index (χ4v) is 4.40. The van der Waals surface area contributed by atoms with Crippen LogP contribution in [0.1, 0.15) is 18.4 Å². The Hall–Kier alpha value is -2.57. The van der Waals surface area contributed by atoms with E-state index in [1.54, 1.807) is 4.90 Å². The van der Waals surface area contributed by atoms with Crippen LogP contribution in [0.3, 0.4) is 0 Å². The van der Waals surface area contributed by atoms with Gasteiger partial charge in [0.15, 0.2) is 0 Å². The van der Waals surface area contributed by atoms with E-state index in [1.165, 1.54) is 25.3 Å². The number of sulfonamides is 1. The zero-order valence-electron chi connectivity index (χ0n) is 16.8. The number of piperidine rings is 1. The summed E-state index contributed by atoms with van der Waals surface area (Å²) in [5.74, 6) is -0.424. The second-order valence-electron chi connectivity index (χ2n) is 7.19. The molecule has 1 saturated heterocycles. The number of pyridine rings is 1. The molecule has 2 aromatic rings. The van der Waals surface area contributed by atoms with Crippen molar-refractivity contribution < 1.29 is 31.1 Å². The lowest BCUT2D eigenvalue weighted by Gasteiger charge is -2.32. The van der Waals surface area contributed by atoms with E-state index in [0.717, 1.165) is 12.3 Å². The number of rotatable bonds is 5. The first-order valence-corrected chi connectivity index (χ1v) is 11.3. The molecular formula is C19H20ClF3N4O4S. The zero-order valence-corrected chi connectivity index (χ0v) is 18.4. The van der Waals surface area contributed by atoms with E-state index in [2.05, 4.69) is 10.3 Å². The maximum Gasteiger partial charge on any atom is 0.417 e. The van der Waals surface area contributed by atoms with Gasteiger partial charge < -0.3 is 15.0 Å². The van der Waals surface area contributed by atoms with Crippen molar-refractivity contribution in [1.29, 1.82) is 0 Å². The molecule has 3 N–H and O–H groups in total. The lowest BCUT2D eigenvalue weighted by atomic mass is 9.95. The molecule has 1 aromatic carbocycles. The van der Waals surface area contributed by atoms with Crippen molar-refractivity contribution in [2.75, 3.05) is 30.4 Å². The molecule has 8 nitrogen and oxygen atoms in total. The van der Waals surface area contributed by atoms with Crippen LogP contribution >= 0.6 is 11.6 Å². The minimum Gasteiger partial charge on any atom is -0.495 e. The Balaban J connectivity index is 1.65. The normalized spacial score (nSPS) is 15.5. The minimum atomic E-state index is -4.54. The monoisotopic (exact) mass is 492 g/mol. The maximum absolute atomic E-state index is 12.8. The number of ether oxygens (including phenoxy) is 1. The SMILES string of the molecule is COc1ccc(NC(=O)C2CCN(c3ncc(C(F)(F)F)cc3Cl)CC2)cc1S(N)(=O)=O. The second kappa shape index (κ2) is 9.12. The summed E-state index contributed by atoms with van der Waals surface area (Å²) in [4.78, 5) is 18.0. The summed E-state index contributed by atoms with van der Waals surface area (Å²) in [6.45, 7) is 0.725. The Kier molecular flexibility index (Phi) is 6.86. The van der Waals surface area contributed by atoms with Gasteiger partial charge in [-0.2, -0.15) is 13.2 Å². The van der Waals surface area contributed by atoms with E-state index in [0.29, 0.717) is 25.9 Å². The molecule has 2 heterocycles. The number of alkyl halides is 3. The minimum absolute atomic E-state index is 0.0553. The number of carbonyl (C=O) groups is 1. The van der Waals surface area contributed by atoms with Crippen molar-refractivity contribution in [1.82, 2.24) is 4.98 Å². The highest BCUT2D eigenvalue weighted by Gasteiger charge is 2.33. The van der Waals surface area contributed by atoms with Crippen LogP contribution < -0.4 is 20.1 Å². The summed E-state index contributed by atoms with van der Waals surface area (Å²) in [5, 5.41) is 7.74. The molecule has 1 fully saturated rings. The van der Waals surface area contributed by atoms with Crippen molar-refractivity contribution in [3.63, 3.8) is 0 Å². The standard InChI is InChI=1S/C19H20ClF3N4O4S/c1-31-15-3-2-13(9-16(15)32(24,29)30)26-18(28)11-4-6-27(7-5-11)17-14(20)8-12(10-25-17)19(21,22)23/h2-3,8-11H,4-7H2,1H3,(H,26,28)(H2,24,29,30). The van der Waals surface area contributed by atoms with Gasteiger partial charge in [0.25, 0.3) is 0 Å². The molecule has 0 spiro atoms. The number of hydrogen-bond donors (Lipinski definition) is 2. The van der Waals surface area contributed by atoms with Crippen LogP contribution in [0.15, 0.2) is 35.4 Å². The van der Waals surface area contributed by atoms with Crippen LogP contribution in [0.4, 0.5) is 24.7 Å². The van der Waals surface area contributed by atoms with E-state index in [4.69, 9.17) is 21.5 Å². The topological polar surface area (TPSA) is 115 Å². The third-order valence-corrected chi connectivity index (χ3v) is 6.26. The van der Waals surface area contributed by atoms with Crippen molar-refractivity contribution in [2.24, 2.45) is 11.1 Å². The zero-order chi connectivity index (χ0) is 23.7. The number of nitrogens with two attached hydrogens (primary N) is 1. The number of nitrogens with one attached hydrogen (secondary N) is 1. The quantitative estimate of drug-likeness (QED) is 0.662. The van der Waals surface area contributed by atoms with Crippen LogP contribution in [-0.4, -0.2) is 39.5 Å². The maximum atomic E-state index is 12.8. The van der Waals surface area contributed by atoms with Gasteiger partial charge in [-0.25, -0.2) is 18.5 Å². The van der Waals surface area contributed by atoms with E-state index < -0.39 is 21.8 Å². The highest BCUT2D eigenvalue weighted by Crippen LogP contribution is 2.35. The van der Waals surface area contributed by atoms with Crippen molar-refractivity contribution >= 4 is 39.0 Å². The molecule has 0 atom stereocenters. The summed E-state index contributed by atoms with van der Waals surface area (Å²) in [7, 11) is -2.76. The highest BCUT2D eigenvalue weighted by atomic mass is 35.5. The van der Waals surface area contributed by atoms with E-state index in [9.17, 15) is 26.4 Å². The molecule has 1 aliphatic heterocycles. The Bertz CT molecular complexity index is 1120. The third kappa shape index (κ3) is 5.43. The van der Waals surface area contributed by atoms with Crippen LogP contribution in [-0.2, 0) is 21.0 Å². The van der Waals surface area contributed by atoms with Gasteiger partial charge in [-0.15, -0.1) is 0 Å². The van der Waals surface area contributed by atoms with Crippen LogP contribution in [0, 0.1) is 5.92 Å². The van der Waals surface area contributed by atoms with Crippen molar-refractivity contribution in [3.8, 4) is 5.75 Å². The van der Waals surface area contributed by atoms with Gasteiger partial charge in [0, 0.05) is 30.9 Å². The molecule has 32 heavy (non-hydrogen) atoms. The molecule has 0 bridgehead atoms. The first-order valence-electron chi connectivity index (χ1n) is 9.39. The number of amides is 1. The predicted octanol–water partition coefficient (Wildman–Crippen LogP) is 3.26. The Morgan fingerprint density at radius 3 is 2.47 bits per heavy atom. The summed E-state index contributed by atoms with van der Waals surface area (Å²) in [6.07, 6.45) is -3.00. The number of nitrogens with zero attached hydrogens (tertiary/aromatic N) is 2. The largest absolute Gasteiger partial charge is 0.495 e. The number of carbonyl (C=O) groups excluding carboxylic acids is 1. The van der Waals surface area contributed by atoms with Gasteiger partial charge in [-0.3, -0.25) is 4.79 Å². The Labute approximate surface area is 187 Å². The summed E-state index contributed by atoms with van der Waals surface area (Å²) < 4.78 is 66.8. The molecule has 174 valence electrons. The molecule has 1 aromatic heterocycles. The highest BCUT2D eigenvalue weighted by molar-refractivity contribution is 7.89. The number of benzene rings is 1. The smallest absolute Gasteiger partial charge is 0.417 e. The average Bonchev–Trinajstić information content (AvgIpc) is 2.72. The fraction of sp³-hybridized carbons (Fsp3) is 0.368.